The highest BCUT2D eigenvalue weighted by Crippen LogP contribution is 2.22. The summed E-state index contributed by atoms with van der Waals surface area (Å²) < 4.78 is 18.9. The first-order chi connectivity index (χ1) is 11.6. The van der Waals surface area contributed by atoms with E-state index in [0.717, 1.165) is 12.1 Å². The quantitative estimate of drug-likeness (QED) is 0.465. The van der Waals surface area contributed by atoms with Gasteiger partial charge >= 0.3 is 0 Å². The molecule has 0 heterocycles. The Labute approximate surface area is 142 Å². The molecule has 3 N–H and O–H groups in total. The number of hydrogen-bond acceptors (Lipinski definition) is 3. The number of nitrogens with one attached hydrogen (secondary N) is 1. The summed E-state index contributed by atoms with van der Waals surface area (Å²) in [5.41, 5.74) is 7.24. The number of rotatable bonds is 7. The van der Waals surface area contributed by atoms with Crippen LogP contribution in [-0.4, -0.2) is 33.2 Å². The Morgan fingerprint density at radius 1 is 1.21 bits per heavy atom. The molecule has 0 aromatic heterocycles. The number of hydrogen-bond donors (Lipinski definition) is 2. The van der Waals surface area contributed by atoms with Crippen molar-refractivity contribution in [2.75, 3.05) is 37.5 Å². The second kappa shape index (κ2) is 8.76. The van der Waals surface area contributed by atoms with Gasteiger partial charge in [-0.2, -0.15) is 0 Å². The van der Waals surface area contributed by atoms with E-state index in [1.165, 1.54) is 6.07 Å². The molecular formula is C18H23FN4O. The lowest BCUT2D eigenvalue weighted by Crippen LogP contribution is -2.24. The number of ether oxygens (including phenoxy) is 1. The van der Waals surface area contributed by atoms with E-state index in [1.807, 2.05) is 42.3 Å². The van der Waals surface area contributed by atoms with Gasteiger partial charge in [-0.1, -0.05) is 24.3 Å². The van der Waals surface area contributed by atoms with Crippen LogP contribution in [0.15, 0.2) is 53.5 Å². The van der Waals surface area contributed by atoms with Crippen molar-refractivity contribution in [3.8, 4) is 5.75 Å². The van der Waals surface area contributed by atoms with Crippen LogP contribution in [0.5, 0.6) is 5.75 Å². The van der Waals surface area contributed by atoms with E-state index < -0.39 is 0 Å². The van der Waals surface area contributed by atoms with Gasteiger partial charge in [-0.05, 0) is 30.7 Å². The van der Waals surface area contributed by atoms with Crippen LogP contribution in [-0.2, 0) is 0 Å². The van der Waals surface area contributed by atoms with Gasteiger partial charge in [-0.25, -0.2) is 4.39 Å². The normalized spacial score (nSPS) is 11.2. The predicted octanol–water partition coefficient (Wildman–Crippen LogP) is 3.09. The van der Waals surface area contributed by atoms with Gasteiger partial charge in [0.1, 0.15) is 11.6 Å². The lowest BCUT2D eigenvalue weighted by molar-refractivity contribution is 0.417. The number of aliphatic imine (C=N–C) groups is 1. The molecule has 0 spiro atoms. The molecule has 0 saturated carbocycles. The summed E-state index contributed by atoms with van der Waals surface area (Å²) >= 11 is 0. The van der Waals surface area contributed by atoms with Gasteiger partial charge in [-0.3, -0.25) is 4.99 Å². The van der Waals surface area contributed by atoms with E-state index in [-0.39, 0.29) is 5.82 Å². The molecule has 0 saturated heterocycles. The fourth-order valence-electron chi connectivity index (χ4n) is 2.31. The van der Waals surface area contributed by atoms with Gasteiger partial charge in [0.2, 0.25) is 0 Å². The van der Waals surface area contributed by atoms with E-state index in [0.29, 0.717) is 30.5 Å². The predicted molar refractivity (Wildman–Crippen MR) is 97.4 cm³/mol. The number of halogens is 1. The molecular weight excluding hydrogens is 307 g/mol. The van der Waals surface area contributed by atoms with Crippen LogP contribution >= 0.6 is 0 Å². The molecule has 0 aliphatic carbocycles. The summed E-state index contributed by atoms with van der Waals surface area (Å²) in [5.74, 6) is 0.809. The molecule has 0 amide bonds. The van der Waals surface area contributed by atoms with Crippen LogP contribution in [0.1, 0.15) is 6.42 Å². The molecule has 2 rings (SSSR count). The molecule has 0 aliphatic heterocycles. The Morgan fingerprint density at radius 3 is 2.67 bits per heavy atom. The Kier molecular flexibility index (Phi) is 6.42. The minimum Gasteiger partial charge on any atom is -0.495 e. The van der Waals surface area contributed by atoms with Gasteiger partial charge in [-0.15, -0.1) is 0 Å². The van der Waals surface area contributed by atoms with Crippen molar-refractivity contribution in [3.05, 3.63) is 54.3 Å². The average molecular weight is 330 g/mol. The smallest absolute Gasteiger partial charge is 0.193 e. The molecule has 0 radical (unpaired) electrons. The van der Waals surface area contributed by atoms with E-state index in [4.69, 9.17) is 10.5 Å². The fourth-order valence-corrected chi connectivity index (χ4v) is 2.31. The number of methoxy groups -OCH3 is 1. The van der Waals surface area contributed by atoms with Crippen molar-refractivity contribution in [2.45, 2.75) is 6.42 Å². The summed E-state index contributed by atoms with van der Waals surface area (Å²) in [6.07, 6.45) is 0.763. The molecule has 2 aromatic carbocycles. The summed E-state index contributed by atoms with van der Waals surface area (Å²) in [5, 5.41) is 3.02. The third kappa shape index (κ3) is 4.87. The van der Waals surface area contributed by atoms with Crippen LogP contribution in [0.4, 0.5) is 15.8 Å². The molecule has 6 heteroatoms. The summed E-state index contributed by atoms with van der Waals surface area (Å²) in [6.45, 7) is 1.24. The Bertz CT molecular complexity index is 690. The van der Waals surface area contributed by atoms with Crippen LogP contribution in [0.3, 0.4) is 0 Å². The van der Waals surface area contributed by atoms with Crippen LogP contribution < -0.4 is 20.7 Å². The highest BCUT2D eigenvalue weighted by molar-refractivity contribution is 5.93. The third-order valence-corrected chi connectivity index (χ3v) is 3.57. The number of guanidine groups is 1. The minimum absolute atomic E-state index is 0.221. The van der Waals surface area contributed by atoms with Crippen molar-refractivity contribution in [2.24, 2.45) is 10.7 Å². The summed E-state index contributed by atoms with van der Waals surface area (Å²) in [4.78, 5) is 6.16. The fraction of sp³-hybridized carbons (Fsp3) is 0.278. The lowest BCUT2D eigenvalue weighted by atomic mass is 10.2. The topological polar surface area (TPSA) is 62.9 Å². The number of nitrogens with two attached hydrogens (primary N) is 1. The van der Waals surface area contributed by atoms with Gasteiger partial charge in [0, 0.05) is 20.1 Å². The standard InChI is InChI=1S/C18H23FN4O/c1-23(16-10-5-3-8-14(16)19)13-7-12-21-18(20)22-15-9-4-6-11-17(15)24-2/h3-6,8-11H,7,12-13H2,1-2H3,(H3,20,21,22). The number of para-hydroxylation sites is 3. The maximum absolute atomic E-state index is 13.7. The molecule has 0 aliphatic rings. The van der Waals surface area contributed by atoms with E-state index in [1.54, 1.807) is 19.2 Å². The van der Waals surface area contributed by atoms with Crippen molar-refractivity contribution in [1.82, 2.24) is 0 Å². The van der Waals surface area contributed by atoms with Crippen LogP contribution in [0.25, 0.3) is 0 Å². The van der Waals surface area contributed by atoms with Crippen molar-refractivity contribution in [1.29, 1.82) is 0 Å². The molecule has 0 fully saturated rings. The van der Waals surface area contributed by atoms with Gasteiger partial charge < -0.3 is 20.7 Å². The average Bonchev–Trinajstić information content (AvgIpc) is 2.59. The second-order valence-corrected chi connectivity index (χ2v) is 5.32. The number of benzene rings is 2. The molecule has 0 atom stereocenters. The Balaban J connectivity index is 1.82. The largest absolute Gasteiger partial charge is 0.495 e. The van der Waals surface area contributed by atoms with Gasteiger partial charge in [0.25, 0.3) is 0 Å². The first-order valence-electron chi connectivity index (χ1n) is 7.77. The monoisotopic (exact) mass is 330 g/mol. The van der Waals surface area contributed by atoms with Gasteiger partial charge in [0.15, 0.2) is 5.96 Å². The summed E-state index contributed by atoms with van der Waals surface area (Å²) in [7, 11) is 3.46. The van der Waals surface area contributed by atoms with Crippen LogP contribution in [0, 0.1) is 5.82 Å². The number of nitrogens with zero attached hydrogens (tertiary/aromatic N) is 2. The molecule has 2 aromatic rings. The third-order valence-electron chi connectivity index (χ3n) is 3.57. The van der Waals surface area contributed by atoms with E-state index >= 15 is 0 Å². The maximum Gasteiger partial charge on any atom is 0.193 e. The van der Waals surface area contributed by atoms with Crippen molar-refractivity contribution in [3.63, 3.8) is 0 Å². The number of anilines is 2. The zero-order valence-corrected chi connectivity index (χ0v) is 14.0. The SMILES string of the molecule is COc1ccccc1NC(N)=NCCCN(C)c1ccccc1F. The zero-order valence-electron chi connectivity index (χ0n) is 14.0. The minimum atomic E-state index is -0.221. The molecule has 128 valence electrons. The van der Waals surface area contributed by atoms with E-state index in [9.17, 15) is 4.39 Å². The van der Waals surface area contributed by atoms with Crippen molar-refractivity contribution < 1.29 is 9.13 Å². The zero-order chi connectivity index (χ0) is 17.4. The molecule has 5 nitrogen and oxygen atoms in total. The molecule has 0 unspecified atom stereocenters. The maximum atomic E-state index is 13.7. The highest BCUT2D eigenvalue weighted by Gasteiger charge is 2.06. The van der Waals surface area contributed by atoms with Crippen molar-refractivity contribution >= 4 is 17.3 Å². The Morgan fingerprint density at radius 2 is 1.92 bits per heavy atom. The first-order valence-corrected chi connectivity index (χ1v) is 7.77. The summed E-state index contributed by atoms with van der Waals surface area (Å²) in [6, 6.07) is 14.2. The molecule has 24 heavy (non-hydrogen) atoms. The highest BCUT2D eigenvalue weighted by atomic mass is 19.1. The first kappa shape index (κ1) is 17.6. The second-order valence-electron chi connectivity index (χ2n) is 5.32. The van der Waals surface area contributed by atoms with Crippen LogP contribution in [0.2, 0.25) is 0 Å². The van der Waals surface area contributed by atoms with E-state index in [2.05, 4.69) is 10.3 Å². The van der Waals surface area contributed by atoms with Gasteiger partial charge in [0.05, 0.1) is 18.5 Å². The Hall–Kier alpha value is -2.76. The lowest BCUT2D eigenvalue weighted by Gasteiger charge is -2.19. The molecule has 0 bridgehead atoms.